The van der Waals surface area contributed by atoms with E-state index < -0.39 is 12.1 Å². The third kappa shape index (κ3) is 52.8. The number of hydrogen-bond donors (Lipinski definition) is 3. The zero-order valence-electron chi connectivity index (χ0n) is 44.4. The molecule has 0 spiro atoms. The summed E-state index contributed by atoms with van der Waals surface area (Å²) in [5, 5.41) is 23.1. The second-order valence-corrected chi connectivity index (χ2v) is 19.6. The number of esters is 1. The van der Waals surface area contributed by atoms with Crippen molar-refractivity contribution in [3.63, 3.8) is 0 Å². The van der Waals surface area contributed by atoms with Gasteiger partial charge < -0.3 is 20.3 Å². The molecule has 2 unspecified atom stereocenters. The van der Waals surface area contributed by atoms with Crippen LogP contribution in [0.25, 0.3) is 0 Å². The molecule has 3 N–H and O–H groups in total. The number of unbranched alkanes of at least 4 members (excludes halogenated alkanes) is 35. The Morgan fingerprint density at radius 1 is 0.433 bits per heavy atom. The highest BCUT2D eigenvalue weighted by atomic mass is 16.5. The van der Waals surface area contributed by atoms with E-state index in [2.05, 4.69) is 67.8 Å². The van der Waals surface area contributed by atoms with Crippen LogP contribution in [0.5, 0.6) is 0 Å². The highest BCUT2D eigenvalue weighted by molar-refractivity contribution is 5.76. The van der Waals surface area contributed by atoms with Crippen molar-refractivity contribution in [2.45, 2.75) is 302 Å². The summed E-state index contributed by atoms with van der Waals surface area (Å²) in [6.45, 7) is 4.83. The van der Waals surface area contributed by atoms with Crippen LogP contribution in [0.3, 0.4) is 0 Å². The van der Waals surface area contributed by atoms with Crippen LogP contribution in [0.1, 0.15) is 290 Å². The molecule has 0 aliphatic carbocycles. The summed E-state index contributed by atoms with van der Waals surface area (Å²) in [6.07, 6.45) is 72.4. The van der Waals surface area contributed by atoms with E-state index in [1.165, 1.54) is 173 Å². The molecule has 0 bridgehead atoms. The van der Waals surface area contributed by atoms with Gasteiger partial charge in [-0.2, -0.15) is 0 Å². The summed E-state index contributed by atoms with van der Waals surface area (Å²) in [7, 11) is 0. The van der Waals surface area contributed by atoms with Crippen molar-refractivity contribution >= 4 is 11.9 Å². The van der Waals surface area contributed by atoms with Gasteiger partial charge in [0.1, 0.15) is 0 Å². The van der Waals surface area contributed by atoms with Gasteiger partial charge in [0.05, 0.1) is 25.4 Å². The topological polar surface area (TPSA) is 95.9 Å². The monoisotopic (exact) mass is 938 g/mol. The first-order valence-corrected chi connectivity index (χ1v) is 29.1. The summed E-state index contributed by atoms with van der Waals surface area (Å²) >= 11 is 0. The minimum Gasteiger partial charge on any atom is -0.466 e. The lowest BCUT2D eigenvalue weighted by Crippen LogP contribution is -2.45. The van der Waals surface area contributed by atoms with Crippen molar-refractivity contribution in [2.75, 3.05) is 13.2 Å². The zero-order valence-corrected chi connectivity index (χ0v) is 44.4. The first-order chi connectivity index (χ1) is 33.0. The van der Waals surface area contributed by atoms with Crippen LogP contribution in [0.4, 0.5) is 0 Å². The molecule has 0 saturated carbocycles. The maximum absolute atomic E-state index is 12.5. The number of amides is 1. The third-order valence-corrected chi connectivity index (χ3v) is 13.0. The van der Waals surface area contributed by atoms with Gasteiger partial charge in [0.2, 0.25) is 5.91 Å². The molecule has 0 heterocycles. The van der Waals surface area contributed by atoms with Gasteiger partial charge in [-0.1, -0.05) is 242 Å². The van der Waals surface area contributed by atoms with Crippen LogP contribution >= 0.6 is 0 Å². The van der Waals surface area contributed by atoms with Gasteiger partial charge >= 0.3 is 5.97 Å². The van der Waals surface area contributed by atoms with Crippen LogP contribution in [-0.2, 0) is 14.3 Å². The van der Waals surface area contributed by atoms with E-state index in [9.17, 15) is 19.8 Å². The van der Waals surface area contributed by atoms with Crippen molar-refractivity contribution in [3.05, 3.63) is 60.8 Å². The van der Waals surface area contributed by atoms with Crippen molar-refractivity contribution in [1.82, 2.24) is 5.32 Å². The molecule has 6 nitrogen and oxygen atoms in total. The molecule has 6 heteroatoms. The summed E-state index contributed by atoms with van der Waals surface area (Å²) in [5.41, 5.74) is 0. The van der Waals surface area contributed by atoms with E-state index in [-0.39, 0.29) is 18.5 Å². The molecule has 0 fully saturated rings. The van der Waals surface area contributed by atoms with E-state index in [1.54, 1.807) is 6.08 Å². The highest BCUT2D eigenvalue weighted by Gasteiger charge is 2.18. The predicted octanol–water partition coefficient (Wildman–Crippen LogP) is 18.0. The molecule has 67 heavy (non-hydrogen) atoms. The summed E-state index contributed by atoms with van der Waals surface area (Å²) in [6, 6.07) is -0.637. The molecule has 0 radical (unpaired) electrons. The molecule has 0 aromatic carbocycles. The Bertz CT molecular complexity index is 1170. The number of ether oxygens (including phenoxy) is 1. The maximum Gasteiger partial charge on any atom is 0.305 e. The molecular formula is C61H111NO5. The molecular weight excluding hydrogens is 827 g/mol. The van der Waals surface area contributed by atoms with E-state index in [0.29, 0.717) is 19.4 Å². The Hall–Kier alpha value is -2.44. The second-order valence-electron chi connectivity index (χ2n) is 19.6. The first kappa shape index (κ1) is 64.6. The average molecular weight is 939 g/mol. The molecule has 0 aliphatic heterocycles. The van der Waals surface area contributed by atoms with E-state index in [4.69, 9.17) is 4.74 Å². The molecule has 0 aromatic rings. The minimum atomic E-state index is -0.853. The van der Waals surface area contributed by atoms with Crippen molar-refractivity contribution in [2.24, 2.45) is 0 Å². The van der Waals surface area contributed by atoms with Crippen LogP contribution in [0.2, 0.25) is 0 Å². The Morgan fingerprint density at radius 3 is 1.25 bits per heavy atom. The number of allylic oxidation sites excluding steroid dienone is 9. The second kappa shape index (κ2) is 56.2. The first-order valence-electron chi connectivity index (χ1n) is 29.1. The smallest absolute Gasteiger partial charge is 0.305 e. The van der Waals surface area contributed by atoms with Gasteiger partial charge in [-0.3, -0.25) is 9.59 Å². The van der Waals surface area contributed by atoms with E-state index in [0.717, 1.165) is 89.9 Å². The van der Waals surface area contributed by atoms with Crippen molar-refractivity contribution in [1.29, 1.82) is 0 Å². The van der Waals surface area contributed by atoms with Crippen LogP contribution in [0, 0.1) is 0 Å². The maximum atomic E-state index is 12.5. The fourth-order valence-corrected chi connectivity index (χ4v) is 8.54. The number of aliphatic hydroxyl groups is 2. The van der Waals surface area contributed by atoms with Gasteiger partial charge in [0.25, 0.3) is 0 Å². The number of carbonyl (C=O) groups is 2. The molecule has 390 valence electrons. The summed E-state index contributed by atoms with van der Waals surface area (Å²) in [4.78, 5) is 24.5. The van der Waals surface area contributed by atoms with Gasteiger partial charge in [-0.15, -0.1) is 0 Å². The molecule has 0 saturated heterocycles. The number of rotatable bonds is 53. The normalized spacial score (nSPS) is 13.1. The Balaban J connectivity index is 3.53. The summed E-state index contributed by atoms with van der Waals surface area (Å²) in [5.74, 6) is -0.107. The van der Waals surface area contributed by atoms with Crippen molar-refractivity contribution < 1.29 is 24.5 Å². The lowest BCUT2D eigenvalue weighted by molar-refractivity contribution is -0.143. The zero-order chi connectivity index (χ0) is 48.6. The van der Waals surface area contributed by atoms with E-state index >= 15 is 0 Å². The molecule has 1 amide bonds. The fourth-order valence-electron chi connectivity index (χ4n) is 8.54. The van der Waals surface area contributed by atoms with Crippen molar-refractivity contribution in [3.8, 4) is 0 Å². The molecule has 2 atom stereocenters. The Kier molecular flexibility index (Phi) is 54.1. The van der Waals surface area contributed by atoms with Crippen LogP contribution in [-0.4, -0.2) is 47.4 Å². The molecule has 0 aromatic heterocycles. The van der Waals surface area contributed by atoms with Gasteiger partial charge in [0, 0.05) is 12.8 Å². The lowest BCUT2D eigenvalue weighted by Gasteiger charge is -2.20. The quantitative estimate of drug-likeness (QED) is 0.0244. The predicted molar refractivity (Wildman–Crippen MR) is 292 cm³/mol. The van der Waals surface area contributed by atoms with Gasteiger partial charge in [0.15, 0.2) is 0 Å². The molecule has 0 rings (SSSR count). The van der Waals surface area contributed by atoms with Gasteiger partial charge in [-0.05, 0) is 96.3 Å². The number of nitrogens with one attached hydrogen (secondary N) is 1. The summed E-state index contributed by atoms with van der Waals surface area (Å²) < 4.78 is 5.44. The SMILES string of the molecule is CCCCC/C=C\C/C=C\CCCCCCCC(=O)OCCCCC/C=C\C=C/CCCCCCCCCCCCC(=O)NC(CO)C(O)/C=C/CCCCCCCCCCCCCCCC. The van der Waals surface area contributed by atoms with Crippen LogP contribution < -0.4 is 5.32 Å². The number of carbonyl (C=O) groups excluding carboxylic acids is 2. The fraction of sp³-hybridized carbons (Fsp3) is 0.803. The van der Waals surface area contributed by atoms with E-state index in [1.807, 2.05) is 6.08 Å². The average Bonchev–Trinajstić information content (AvgIpc) is 3.33. The largest absolute Gasteiger partial charge is 0.466 e. The number of hydrogen-bond acceptors (Lipinski definition) is 5. The molecule has 0 aliphatic rings. The lowest BCUT2D eigenvalue weighted by atomic mass is 10.0. The van der Waals surface area contributed by atoms with Gasteiger partial charge in [-0.25, -0.2) is 0 Å². The highest BCUT2D eigenvalue weighted by Crippen LogP contribution is 2.16. The Labute approximate surface area is 416 Å². The van der Waals surface area contributed by atoms with Crippen LogP contribution in [0.15, 0.2) is 60.8 Å². The standard InChI is InChI=1S/C61H111NO5/c1-3-5-7-9-11-13-15-17-19-26-29-33-37-41-45-49-53-59(64)58(57-63)62-60(65)54-50-46-42-38-34-30-27-23-21-20-22-24-28-32-36-40-44-48-52-56-67-61(66)55-51-47-43-39-35-31-25-18-16-14-12-10-8-6-4-2/h12,14,18,24-25,28,32,36,49,53,58-59,63-64H,3-11,13,15-17,19-23,26-27,29-31,33-35,37-48,50-52,54-57H2,1-2H3,(H,62,65)/b14-12-,25-18-,28-24-,36-32-,53-49+. The third-order valence-electron chi connectivity index (χ3n) is 13.0. The number of aliphatic hydroxyl groups excluding tert-OH is 2. The minimum absolute atomic E-state index is 0.0289. The Morgan fingerprint density at radius 2 is 0.791 bits per heavy atom.